The van der Waals surface area contributed by atoms with Gasteiger partial charge in [-0.2, -0.15) is 0 Å². The molecule has 0 fully saturated rings. The van der Waals surface area contributed by atoms with Crippen LogP contribution < -0.4 is 14.8 Å². The summed E-state index contributed by atoms with van der Waals surface area (Å²) in [6.07, 6.45) is 0. The normalized spacial score (nSPS) is 10.5. The molecule has 1 amide bonds. The van der Waals surface area contributed by atoms with E-state index in [-0.39, 0.29) is 17.6 Å². The first-order chi connectivity index (χ1) is 13.1. The lowest BCUT2D eigenvalue weighted by molar-refractivity contribution is -0.113. The van der Waals surface area contributed by atoms with Gasteiger partial charge >= 0.3 is 0 Å². The molecule has 5 nitrogen and oxygen atoms in total. The summed E-state index contributed by atoms with van der Waals surface area (Å²) < 4.78 is 10.5. The van der Waals surface area contributed by atoms with Crippen LogP contribution in [0.15, 0.2) is 54.6 Å². The zero-order valence-electron chi connectivity index (χ0n) is 14.9. The summed E-state index contributed by atoms with van der Waals surface area (Å²) in [4.78, 5) is 25.1. The minimum absolute atomic E-state index is 0.201. The monoisotopic (exact) mass is 383 g/mol. The number of rotatable bonds is 6. The molecule has 3 aromatic carbocycles. The number of anilines is 1. The second kappa shape index (κ2) is 8.10. The Morgan fingerprint density at radius 1 is 0.963 bits per heavy atom. The molecule has 0 bridgehead atoms. The maximum atomic E-state index is 13.2. The fraction of sp³-hybridized carbons (Fsp3) is 0.143. The van der Waals surface area contributed by atoms with Gasteiger partial charge in [0, 0.05) is 16.5 Å². The molecule has 0 radical (unpaired) electrons. The average Bonchev–Trinajstić information content (AvgIpc) is 2.72. The lowest BCUT2D eigenvalue weighted by Crippen LogP contribution is -2.16. The van der Waals surface area contributed by atoms with Crippen molar-refractivity contribution in [2.75, 3.05) is 25.4 Å². The molecule has 0 aromatic heterocycles. The number of ether oxygens (including phenoxy) is 2. The van der Waals surface area contributed by atoms with Crippen molar-refractivity contribution < 1.29 is 19.1 Å². The first-order valence-electron chi connectivity index (χ1n) is 8.23. The lowest BCUT2D eigenvalue weighted by Gasteiger charge is -2.14. The molecule has 0 unspecified atom stereocenters. The predicted octanol–water partition coefficient (Wildman–Crippen LogP) is 4.27. The number of fused-ring (bicyclic) bond motifs is 1. The Labute approximate surface area is 161 Å². The standard InChI is InChI=1S/C21H18ClNO4/c1-26-17-10-8-14(11-18(17)27-2)21(25)16-9-7-13-5-3-4-6-15(13)20(16)23-19(24)12-22/h3-11H,12H2,1-2H3,(H,23,24). The Morgan fingerprint density at radius 3 is 2.41 bits per heavy atom. The molecular weight excluding hydrogens is 366 g/mol. The number of alkyl halides is 1. The van der Waals surface area contributed by atoms with Crippen LogP contribution in [0.25, 0.3) is 10.8 Å². The molecule has 0 atom stereocenters. The van der Waals surface area contributed by atoms with Crippen molar-refractivity contribution in [1.82, 2.24) is 0 Å². The Kier molecular flexibility index (Phi) is 5.62. The van der Waals surface area contributed by atoms with E-state index in [4.69, 9.17) is 21.1 Å². The maximum Gasteiger partial charge on any atom is 0.239 e. The van der Waals surface area contributed by atoms with Crippen molar-refractivity contribution in [1.29, 1.82) is 0 Å². The van der Waals surface area contributed by atoms with E-state index in [1.807, 2.05) is 30.3 Å². The molecule has 0 aliphatic carbocycles. The largest absolute Gasteiger partial charge is 0.493 e. The van der Waals surface area contributed by atoms with Crippen LogP contribution in [-0.4, -0.2) is 31.8 Å². The van der Waals surface area contributed by atoms with Gasteiger partial charge in [0.05, 0.1) is 19.9 Å². The summed E-state index contributed by atoms with van der Waals surface area (Å²) in [5.41, 5.74) is 1.24. The van der Waals surface area contributed by atoms with Gasteiger partial charge in [-0.25, -0.2) is 0 Å². The highest BCUT2D eigenvalue weighted by atomic mass is 35.5. The van der Waals surface area contributed by atoms with Crippen molar-refractivity contribution in [3.63, 3.8) is 0 Å². The Morgan fingerprint density at radius 2 is 1.70 bits per heavy atom. The summed E-state index contributed by atoms with van der Waals surface area (Å²) in [5.74, 6) is 0.160. The number of ketones is 1. The maximum absolute atomic E-state index is 13.2. The number of methoxy groups -OCH3 is 2. The number of halogens is 1. The van der Waals surface area contributed by atoms with E-state index in [2.05, 4.69) is 5.32 Å². The minimum Gasteiger partial charge on any atom is -0.493 e. The first-order valence-corrected chi connectivity index (χ1v) is 8.76. The van der Waals surface area contributed by atoms with Gasteiger partial charge in [0.1, 0.15) is 5.88 Å². The third kappa shape index (κ3) is 3.73. The van der Waals surface area contributed by atoms with Crippen LogP contribution in [0.1, 0.15) is 15.9 Å². The van der Waals surface area contributed by atoms with E-state index in [0.717, 1.165) is 10.8 Å². The molecule has 0 heterocycles. The summed E-state index contributed by atoms with van der Waals surface area (Å²) in [6.45, 7) is 0. The fourth-order valence-electron chi connectivity index (χ4n) is 2.90. The summed E-state index contributed by atoms with van der Waals surface area (Å²) in [5, 5.41) is 4.43. The molecule has 27 heavy (non-hydrogen) atoms. The van der Waals surface area contributed by atoms with Crippen LogP contribution >= 0.6 is 11.6 Å². The molecule has 0 aliphatic rings. The number of hydrogen-bond donors (Lipinski definition) is 1. The minimum atomic E-state index is -0.380. The van der Waals surface area contributed by atoms with Crippen molar-refractivity contribution in [3.8, 4) is 11.5 Å². The van der Waals surface area contributed by atoms with E-state index in [1.54, 1.807) is 24.3 Å². The van der Waals surface area contributed by atoms with E-state index in [1.165, 1.54) is 14.2 Å². The number of carbonyl (C=O) groups excluding carboxylic acids is 2. The fourth-order valence-corrected chi connectivity index (χ4v) is 2.97. The summed E-state index contributed by atoms with van der Waals surface area (Å²) in [7, 11) is 3.04. The second-order valence-corrected chi connectivity index (χ2v) is 6.06. The summed E-state index contributed by atoms with van der Waals surface area (Å²) >= 11 is 5.65. The number of amides is 1. The van der Waals surface area contributed by atoms with Gasteiger partial charge in [0.25, 0.3) is 0 Å². The first kappa shape index (κ1) is 18.7. The molecule has 3 rings (SSSR count). The Balaban J connectivity index is 2.14. The van der Waals surface area contributed by atoms with Crippen LogP contribution in [0.5, 0.6) is 11.5 Å². The lowest BCUT2D eigenvalue weighted by atomic mass is 9.97. The zero-order chi connectivity index (χ0) is 19.4. The number of carbonyl (C=O) groups is 2. The highest BCUT2D eigenvalue weighted by Gasteiger charge is 2.19. The van der Waals surface area contributed by atoms with Crippen LogP contribution in [0.3, 0.4) is 0 Å². The van der Waals surface area contributed by atoms with Gasteiger partial charge in [-0.3, -0.25) is 9.59 Å². The van der Waals surface area contributed by atoms with Crippen molar-refractivity contribution in [2.45, 2.75) is 0 Å². The van der Waals surface area contributed by atoms with Gasteiger partial charge in [0.2, 0.25) is 5.91 Å². The van der Waals surface area contributed by atoms with Crippen LogP contribution in [-0.2, 0) is 4.79 Å². The number of nitrogens with one attached hydrogen (secondary N) is 1. The van der Waals surface area contributed by atoms with Gasteiger partial charge in [-0.15, -0.1) is 11.6 Å². The molecule has 138 valence electrons. The Hall–Kier alpha value is -3.05. The van der Waals surface area contributed by atoms with E-state index < -0.39 is 0 Å². The molecular formula is C21H18ClNO4. The van der Waals surface area contributed by atoms with E-state index >= 15 is 0 Å². The highest BCUT2D eigenvalue weighted by Crippen LogP contribution is 2.32. The summed E-state index contributed by atoms with van der Waals surface area (Å²) in [6, 6.07) is 16.0. The smallest absolute Gasteiger partial charge is 0.239 e. The second-order valence-electron chi connectivity index (χ2n) is 5.79. The number of hydrogen-bond acceptors (Lipinski definition) is 4. The zero-order valence-corrected chi connectivity index (χ0v) is 15.7. The van der Waals surface area contributed by atoms with Crippen LogP contribution in [0.4, 0.5) is 5.69 Å². The van der Waals surface area contributed by atoms with Crippen molar-refractivity contribution >= 4 is 39.8 Å². The third-order valence-electron chi connectivity index (χ3n) is 4.21. The van der Waals surface area contributed by atoms with Crippen molar-refractivity contribution in [3.05, 3.63) is 65.7 Å². The number of benzene rings is 3. The molecule has 6 heteroatoms. The molecule has 0 saturated heterocycles. The van der Waals surface area contributed by atoms with Crippen molar-refractivity contribution in [2.24, 2.45) is 0 Å². The predicted molar refractivity (Wildman–Crippen MR) is 106 cm³/mol. The molecule has 0 saturated carbocycles. The van der Waals surface area contributed by atoms with Gasteiger partial charge in [-0.1, -0.05) is 30.3 Å². The highest BCUT2D eigenvalue weighted by molar-refractivity contribution is 6.30. The van der Waals surface area contributed by atoms with Crippen LogP contribution in [0, 0.1) is 0 Å². The topological polar surface area (TPSA) is 64.6 Å². The third-order valence-corrected chi connectivity index (χ3v) is 4.45. The van der Waals surface area contributed by atoms with Gasteiger partial charge in [-0.05, 0) is 29.7 Å². The molecule has 0 spiro atoms. The SMILES string of the molecule is COc1ccc(C(=O)c2ccc3ccccc3c2NC(=O)CCl)cc1OC. The van der Waals surface area contributed by atoms with Gasteiger partial charge in [0.15, 0.2) is 17.3 Å². The van der Waals surface area contributed by atoms with E-state index in [9.17, 15) is 9.59 Å². The molecule has 3 aromatic rings. The quantitative estimate of drug-likeness (QED) is 0.510. The van der Waals surface area contributed by atoms with Crippen LogP contribution in [0.2, 0.25) is 0 Å². The van der Waals surface area contributed by atoms with E-state index in [0.29, 0.717) is 28.3 Å². The Bertz CT molecular complexity index is 1020. The molecule has 0 aliphatic heterocycles. The van der Waals surface area contributed by atoms with Gasteiger partial charge < -0.3 is 14.8 Å². The molecule has 1 N–H and O–H groups in total. The average molecular weight is 384 g/mol.